The van der Waals surface area contributed by atoms with E-state index >= 15 is 0 Å². The topological polar surface area (TPSA) is 73.5 Å². The molecular weight excluding hydrogens is 352 g/mol. The summed E-state index contributed by atoms with van der Waals surface area (Å²) in [5, 5.41) is 9.20. The largest absolute Gasteiger partial charge is 0.338 e. The van der Waals surface area contributed by atoms with E-state index in [4.69, 9.17) is 0 Å². The molecule has 0 bridgehead atoms. The Kier molecular flexibility index (Phi) is 8.30. The van der Waals surface area contributed by atoms with Crippen LogP contribution in [-0.4, -0.2) is 49.6 Å². The van der Waals surface area contributed by atoms with E-state index in [-0.39, 0.29) is 11.9 Å². The molecule has 0 aliphatic carbocycles. The maximum Gasteiger partial charge on any atom is 0.319 e. The summed E-state index contributed by atoms with van der Waals surface area (Å²) in [4.78, 5) is 27.4. The van der Waals surface area contributed by atoms with E-state index < -0.39 is 0 Å². The maximum atomic E-state index is 13.1. The number of piperazine rings is 1. The lowest BCUT2D eigenvalue weighted by Gasteiger charge is -2.29. The number of hydrogen-bond donors (Lipinski definition) is 3. The predicted molar refractivity (Wildman–Crippen MR) is 115 cm³/mol. The summed E-state index contributed by atoms with van der Waals surface area (Å²) in [5.41, 5.74) is 3.58. The Morgan fingerprint density at radius 2 is 1.75 bits per heavy atom. The number of amides is 3. The lowest BCUT2D eigenvalue weighted by Crippen LogP contribution is -2.46. The van der Waals surface area contributed by atoms with E-state index in [1.165, 1.54) is 0 Å². The summed E-state index contributed by atoms with van der Waals surface area (Å²) >= 11 is 0. The molecule has 6 nitrogen and oxygen atoms in total. The van der Waals surface area contributed by atoms with E-state index in [1.807, 2.05) is 17.0 Å². The molecule has 1 heterocycles. The normalized spacial score (nSPS) is 14.5. The summed E-state index contributed by atoms with van der Waals surface area (Å²) in [6.07, 6.45) is 1.56. The fourth-order valence-electron chi connectivity index (χ4n) is 3.41. The van der Waals surface area contributed by atoms with Crippen LogP contribution < -0.4 is 16.0 Å². The van der Waals surface area contributed by atoms with Crippen molar-refractivity contribution < 1.29 is 9.59 Å². The first-order chi connectivity index (χ1) is 13.3. The number of urea groups is 1. The van der Waals surface area contributed by atoms with E-state index in [0.29, 0.717) is 18.4 Å². The number of aryl methyl sites for hydroxylation is 1. The molecule has 1 aliphatic heterocycles. The van der Waals surface area contributed by atoms with Crippen molar-refractivity contribution >= 4 is 17.6 Å². The minimum Gasteiger partial charge on any atom is -0.338 e. The second-order valence-electron chi connectivity index (χ2n) is 8.39. The van der Waals surface area contributed by atoms with Crippen molar-refractivity contribution in [1.29, 1.82) is 0 Å². The highest BCUT2D eigenvalue weighted by atomic mass is 16.2. The van der Waals surface area contributed by atoms with Crippen LogP contribution in [0.25, 0.3) is 0 Å². The van der Waals surface area contributed by atoms with Crippen molar-refractivity contribution in [1.82, 2.24) is 15.5 Å². The monoisotopic (exact) mass is 388 g/mol. The maximum absolute atomic E-state index is 13.1. The Morgan fingerprint density at radius 1 is 1.07 bits per heavy atom. The fraction of sp³-hybridized carbons (Fsp3) is 0.636. The highest BCUT2D eigenvalue weighted by molar-refractivity contribution is 5.98. The summed E-state index contributed by atoms with van der Waals surface area (Å²) in [7, 11) is 0. The molecule has 1 aliphatic rings. The van der Waals surface area contributed by atoms with Crippen molar-refractivity contribution in [2.24, 2.45) is 11.8 Å². The summed E-state index contributed by atoms with van der Waals surface area (Å²) < 4.78 is 0. The Balaban J connectivity index is 2.31. The van der Waals surface area contributed by atoms with Crippen molar-refractivity contribution in [2.45, 2.75) is 47.5 Å². The minimum absolute atomic E-state index is 0.0964. The molecule has 0 unspecified atom stereocenters. The average Bonchev–Trinajstić information content (AvgIpc) is 2.67. The van der Waals surface area contributed by atoms with Gasteiger partial charge in [0, 0.05) is 44.0 Å². The number of carbonyl (C=O) groups excluding carboxylic acids is 2. The molecular formula is C22H36N4O2. The van der Waals surface area contributed by atoms with Gasteiger partial charge in [-0.2, -0.15) is 0 Å². The van der Waals surface area contributed by atoms with E-state index in [0.717, 1.165) is 61.4 Å². The van der Waals surface area contributed by atoms with E-state index in [1.54, 1.807) is 0 Å². The second kappa shape index (κ2) is 10.5. The predicted octanol–water partition coefficient (Wildman–Crippen LogP) is 3.27. The minimum atomic E-state index is -0.193. The first kappa shape index (κ1) is 22.2. The van der Waals surface area contributed by atoms with Gasteiger partial charge < -0.3 is 20.9 Å². The van der Waals surface area contributed by atoms with Gasteiger partial charge in [0.1, 0.15) is 0 Å². The first-order valence-electron chi connectivity index (χ1n) is 10.5. The smallest absolute Gasteiger partial charge is 0.319 e. The summed E-state index contributed by atoms with van der Waals surface area (Å²) in [5.74, 6) is 0.916. The third-order valence-corrected chi connectivity index (χ3v) is 4.89. The van der Waals surface area contributed by atoms with Gasteiger partial charge in [-0.1, -0.05) is 34.6 Å². The highest BCUT2D eigenvalue weighted by Crippen LogP contribution is 2.26. The number of carbonyl (C=O) groups is 2. The molecule has 28 heavy (non-hydrogen) atoms. The molecule has 1 saturated heterocycles. The molecule has 2 rings (SSSR count). The van der Waals surface area contributed by atoms with Crippen molar-refractivity contribution in [2.75, 3.05) is 38.0 Å². The zero-order valence-electron chi connectivity index (χ0n) is 18.0. The Bertz CT molecular complexity index is 679. The van der Waals surface area contributed by atoms with Gasteiger partial charge in [0.2, 0.25) is 0 Å². The van der Waals surface area contributed by atoms with Gasteiger partial charge in [0.15, 0.2) is 0 Å². The standard InChI is InChI=1S/C22H36N4O2/c1-6-17-13-20(25-22(28)24-14-16(4)5)18(11-15(2)3)12-19(17)21(27)26-9-7-23-8-10-26/h12-13,15-16,23H,6-11,14H2,1-5H3,(H2,24,25,28). The van der Waals surface area contributed by atoms with Crippen LogP contribution in [0.2, 0.25) is 0 Å². The van der Waals surface area contributed by atoms with Crippen LogP contribution in [0, 0.1) is 11.8 Å². The molecule has 0 saturated carbocycles. The molecule has 0 atom stereocenters. The molecule has 0 aromatic heterocycles. The van der Waals surface area contributed by atoms with Gasteiger partial charge in [0.05, 0.1) is 0 Å². The van der Waals surface area contributed by atoms with Crippen LogP contribution in [0.4, 0.5) is 10.5 Å². The zero-order chi connectivity index (χ0) is 20.7. The third kappa shape index (κ3) is 6.23. The van der Waals surface area contributed by atoms with Gasteiger partial charge >= 0.3 is 6.03 Å². The number of anilines is 1. The van der Waals surface area contributed by atoms with Crippen molar-refractivity contribution in [3.8, 4) is 0 Å². The van der Waals surface area contributed by atoms with Crippen molar-refractivity contribution in [3.05, 3.63) is 28.8 Å². The van der Waals surface area contributed by atoms with Crippen LogP contribution in [-0.2, 0) is 12.8 Å². The SMILES string of the molecule is CCc1cc(NC(=O)NCC(C)C)c(CC(C)C)cc1C(=O)N1CCNCC1. The third-order valence-electron chi connectivity index (χ3n) is 4.89. The number of hydrogen-bond acceptors (Lipinski definition) is 3. The van der Waals surface area contributed by atoms with E-state index in [9.17, 15) is 9.59 Å². The van der Waals surface area contributed by atoms with Gasteiger partial charge in [-0.25, -0.2) is 4.79 Å². The van der Waals surface area contributed by atoms with Gasteiger partial charge in [-0.05, 0) is 47.9 Å². The lowest BCUT2D eigenvalue weighted by molar-refractivity contribution is 0.0734. The lowest BCUT2D eigenvalue weighted by atomic mass is 9.94. The number of nitrogens with zero attached hydrogens (tertiary/aromatic N) is 1. The summed E-state index contributed by atoms with van der Waals surface area (Å²) in [6, 6.07) is 3.80. The molecule has 1 aromatic rings. The second-order valence-corrected chi connectivity index (χ2v) is 8.39. The molecule has 6 heteroatoms. The van der Waals surface area contributed by atoms with Crippen LogP contribution in [0.1, 0.15) is 56.1 Å². The summed E-state index contributed by atoms with van der Waals surface area (Å²) in [6.45, 7) is 14.2. The molecule has 3 N–H and O–H groups in total. The molecule has 0 spiro atoms. The van der Waals surface area contributed by atoms with Crippen LogP contribution in [0.3, 0.4) is 0 Å². The van der Waals surface area contributed by atoms with E-state index in [2.05, 4.69) is 50.6 Å². The molecule has 3 amide bonds. The van der Waals surface area contributed by atoms with Gasteiger partial charge in [-0.15, -0.1) is 0 Å². The Labute approximate surface area is 169 Å². The van der Waals surface area contributed by atoms with Crippen LogP contribution in [0.5, 0.6) is 0 Å². The zero-order valence-corrected chi connectivity index (χ0v) is 18.0. The Morgan fingerprint density at radius 3 is 2.32 bits per heavy atom. The molecule has 0 radical (unpaired) electrons. The number of rotatable bonds is 7. The fourth-order valence-corrected chi connectivity index (χ4v) is 3.41. The average molecular weight is 389 g/mol. The molecule has 1 aromatic carbocycles. The van der Waals surface area contributed by atoms with Gasteiger partial charge in [0.25, 0.3) is 5.91 Å². The van der Waals surface area contributed by atoms with Crippen molar-refractivity contribution in [3.63, 3.8) is 0 Å². The van der Waals surface area contributed by atoms with Gasteiger partial charge in [-0.3, -0.25) is 4.79 Å². The first-order valence-corrected chi connectivity index (χ1v) is 10.5. The highest BCUT2D eigenvalue weighted by Gasteiger charge is 2.22. The van der Waals surface area contributed by atoms with Crippen LogP contribution in [0.15, 0.2) is 12.1 Å². The Hall–Kier alpha value is -2.08. The van der Waals surface area contributed by atoms with Crippen LogP contribution >= 0.6 is 0 Å². The number of nitrogens with one attached hydrogen (secondary N) is 3. The molecule has 1 fully saturated rings. The number of benzene rings is 1. The molecule has 156 valence electrons. The quantitative estimate of drug-likeness (QED) is 0.671.